The van der Waals surface area contributed by atoms with E-state index < -0.39 is 0 Å². The normalized spacial score (nSPS) is 15.1. The fourth-order valence-corrected chi connectivity index (χ4v) is 2.51. The molecule has 1 aliphatic rings. The van der Waals surface area contributed by atoms with Crippen LogP contribution in [0, 0.1) is 11.7 Å². The number of likely N-dealkylation sites (tertiary alicyclic amines) is 1. The van der Waals surface area contributed by atoms with Gasteiger partial charge in [-0.2, -0.15) is 0 Å². The van der Waals surface area contributed by atoms with Crippen molar-refractivity contribution in [1.82, 2.24) is 10.2 Å². The highest BCUT2D eigenvalue weighted by Gasteiger charge is 2.26. The lowest BCUT2D eigenvalue weighted by atomic mass is 9.96. The van der Waals surface area contributed by atoms with Gasteiger partial charge >= 0.3 is 0 Å². The molecule has 2 amide bonds. The first-order valence-corrected chi connectivity index (χ1v) is 7.67. The molecule has 1 fully saturated rings. The van der Waals surface area contributed by atoms with Crippen molar-refractivity contribution in [1.29, 1.82) is 0 Å². The van der Waals surface area contributed by atoms with Gasteiger partial charge in [0.1, 0.15) is 18.2 Å². The number of hydrogen-bond acceptors (Lipinski definition) is 3. The Bertz CT molecular complexity index is 551. The molecule has 5 nitrogen and oxygen atoms in total. The van der Waals surface area contributed by atoms with E-state index in [4.69, 9.17) is 4.74 Å². The number of hydrogen-bond donors (Lipinski definition) is 1. The lowest BCUT2D eigenvalue weighted by molar-refractivity contribution is -0.132. The van der Waals surface area contributed by atoms with E-state index in [-0.39, 0.29) is 23.5 Å². The van der Waals surface area contributed by atoms with Gasteiger partial charge in [-0.3, -0.25) is 9.59 Å². The number of ether oxygens (including phenoxy) is 1. The molecular formula is C17H21FN2O3. The molecular weight excluding hydrogens is 299 g/mol. The van der Waals surface area contributed by atoms with E-state index in [2.05, 4.69) is 11.9 Å². The summed E-state index contributed by atoms with van der Waals surface area (Å²) < 4.78 is 18.2. The first-order chi connectivity index (χ1) is 11.1. The van der Waals surface area contributed by atoms with Gasteiger partial charge in [-0.25, -0.2) is 4.39 Å². The zero-order valence-corrected chi connectivity index (χ0v) is 13.0. The molecule has 0 spiro atoms. The summed E-state index contributed by atoms with van der Waals surface area (Å²) in [6, 6.07) is 5.74. The summed E-state index contributed by atoms with van der Waals surface area (Å²) in [6.45, 7) is 5.34. The Hall–Kier alpha value is -2.37. The van der Waals surface area contributed by atoms with Crippen LogP contribution in [0.4, 0.5) is 4.39 Å². The van der Waals surface area contributed by atoms with Crippen molar-refractivity contribution >= 4 is 11.8 Å². The van der Waals surface area contributed by atoms with Crippen LogP contribution < -0.4 is 10.1 Å². The molecule has 0 saturated carbocycles. The molecule has 1 N–H and O–H groups in total. The number of carbonyl (C=O) groups excluding carboxylic acids is 2. The summed E-state index contributed by atoms with van der Waals surface area (Å²) in [5, 5.41) is 2.83. The van der Waals surface area contributed by atoms with Gasteiger partial charge in [0, 0.05) is 19.0 Å². The highest BCUT2D eigenvalue weighted by atomic mass is 19.1. The van der Waals surface area contributed by atoms with Gasteiger partial charge in [0.05, 0.1) is 6.54 Å². The van der Waals surface area contributed by atoms with Crippen LogP contribution in [0.3, 0.4) is 0 Å². The largest absolute Gasteiger partial charge is 0.492 e. The minimum Gasteiger partial charge on any atom is -0.492 e. The van der Waals surface area contributed by atoms with Gasteiger partial charge in [-0.15, -0.1) is 0 Å². The first-order valence-electron chi connectivity index (χ1n) is 7.67. The van der Waals surface area contributed by atoms with Crippen LogP contribution in [-0.2, 0) is 9.59 Å². The fraction of sp³-hybridized carbons (Fsp3) is 0.412. The van der Waals surface area contributed by atoms with Crippen molar-refractivity contribution < 1.29 is 18.7 Å². The zero-order chi connectivity index (χ0) is 16.7. The molecule has 0 atom stereocenters. The van der Waals surface area contributed by atoms with Crippen LogP contribution >= 0.6 is 0 Å². The molecule has 1 heterocycles. The van der Waals surface area contributed by atoms with Crippen LogP contribution in [0.5, 0.6) is 5.75 Å². The highest BCUT2D eigenvalue weighted by Crippen LogP contribution is 2.17. The van der Waals surface area contributed by atoms with E-state index in [0.717, 1.165) is 0 Å². The minimum absolute atomic E-state index is 0.0154. The SMILES string of the molecule is C=CC(=O)N1CCC(C(=O)NCCOc2ccc(F)cc2)CC1. The lowest BCUT2D eigenvalue weighted by Crippen LogP contribution is -2.43. The predicted molar refractivity (Wildman–Crippen MR) is 84.4 cm³/mol. The van der Waals surface area contributed by atoms with Gasteiger partial charge in [0.15, 0.2) is 0 Å². The molecule has 0 radical (unpaired) electrons. The molecule has 1 aliphatic heterocycles. The predicted octanol–water partition coefficient (Wildman–Crippen LogP) is 1.75. The summed E-state index contributed by atoms with van der Waals surface area (Å²) in [5.41, 5.74) is 0. The third kappa shape index (κ3) is 5.09. The van der Waals surface area contributed by atoms with E-state index in [1.54, 1.807) is 17.0 Å². The first kappa shape index (κ1) is 17.0. The number of carbonyl (C=O) groups is 2. The van der Waals surface area contributed by atoms with E-state index in [0.29, 0.717) is 44.8 Å². The molecule has 1 aromatic rings. The summed E-state index contributed by atoms with van der Waals surface area (Å²) in [6.07, 6.45) is 2.61. The van der Waals surface area contributed by atoms with Gasteiger partial charge in [0.2, 0.25) is 11.8 Å². The molecule has 0 aromatic heterocycles. The number of amides is 2. The topological polar surface area (TPSA) is 58.6 Å². The minimum atomic E-state index is -0.313. The Morgan fingerprint density at radius 1 is 1.30 bits per heavy atom. The Balaban J connectivity index is 1.64. The van der Waals surface area contributed by atoms with E-state index in [1.807, 2.05) is 0 Å². The molecule has 2 rings (SSSR count). The Kier molecular flexibility index (Phi) is 6.14. The van der Waals surface area contributed by atoms with Crippen molar-refractivity contribution in [3.63, 3.8) is 0 Å². The van der Waals surface area contributed by atoms with E-state index in [1.165, 1.54) is 18.2 Å². The summed E-state index contributed by atoms with van der Waals surface area (Å²) in [5.74, 6) is 0.0773. The Morgan fingerprint density at radius 3 is 2.57 bits per heavy atom. The quantitative estimate of drug-likeness (QED) is 0.642. The summed E-state index contributed by atoms with van der Waals surface area (Å²) in [4.78, 5) is 25.2. The van der Waals surface area contributed by atoms with Crippen molar-refractivity contribution in [2.24, 2.45) is 5.92 Å². The van der Waals surface area contributed by atoms with Crippen LogP contribution in [0.15, 0.2) is 36.9 Å². The Labute approximate surface area is 135 Å². The smallest absolute Gasteiger partial charge is 0.245 e. The van der Waals surface area contributed by atoms with Crippen LogP contribution in [0.1, 0.15) is 12.8 Å². The number of halogens is 1. The second-order valence-corrected chi connectivity index (χ2v) is 5.40. The summed E-state index contributed by atoms with van der Waals surface area (Å²) in [7, 11) is 0. The number of piperidine rings is 1. The molecule has 6 heteroatoms. The van der Waals surface area contributed by atoms with Gasteiger partial charge in [-0.1, -0.05) is 6.58 Å². The average molecular weight is 320 g/mol. The standard InChI is InChI=1S/C17H21FN2O3/c1-2-16(21)20-10-7-13(8-11-20)17(22)19-9-12-23-15-5-3-14(18)4-6-15/h2-6,13H,1,7-12H2,(H,19,22). The molecule has 1 saturated heterocycles. The fourth-order valence-electron chi connectivity index (χ4n) is 2.51. The average Bonchev–Trinajstić information content (AvgIpc) is 2.59. The third-order valence-corrected chi connectivity index (χ3v) is 3.84. The number of nitrogens with one attached hydrogen (secondary N) is 1. The highest BCUT2D eigenvalue weighted by molar-refractivity contribution is 5.87. The van der Waals surface area contributed by atoms with Gasteiger partial charge in [-0.05, 0) is 43.2 Å². The van der Waals surface area contributed by atoms with Crippen molar-refractivity contribution in [2.75, 3.05) is 26.2 Å². The van der Waals surface area contributed by atoms with Crippen LogP contribution in [-0.4, -0.2) is 43.0 Å². The second kappa shape index (κ2) is 8.31. The monoisotopic (exact) mass is 320 g/mol. The lowest BCUT2D eigenvalue weighted by Gasteiger charge is -2.30. The number of rotatable bonds is 6. The van der Waals surface area contributed by atoms with Crippen molar-refractivity contribution in [2.45, 2.75) is 12.8 Å². The molecule has 124 valence electrons. The molecule has 23 heavy (non-hydrogen) atoms. The second-order valence-electron chi connectivity index (χ2n) is 5.40. The number of nitrogens with zero attached hydrogens (tertiary/aromatic N) is 1. The number of benzene rings is 1. The van der Waals surface area contributed by atoms with E-state index in [9.17, 15) is 14.0 Å². The molecule has 0 unspecified atom stereocenters. The molecule has 1 aromatic carbocycles. The maximum Gasteiger partial charge on any atom is 0.245 e. The van der Waals surface area contributed by atoms with E-state index >= 15 is 0 Å². The maximum absolute atomic E-state index is 12.7. The van der Waals surface area contributed by atoms with Crippen LogP contribution in [0.2, 0.25) is 0 Å². The molecule has 0 bridgehead atoms. The summed E-state index contributed by atoms with van der Waals surface area (Å²) >= 11 is 0. The van der Waals surface area contributed by atoms with Gasteiger partial charge in [0.25, 0.3) is 0 Å². The third-order valence-electron chi connectivity index (χ3n) is 3.84. The molecule has 0 aliphatic carbocycles. The maximum atomic E-state index is 12.7. The Morgan fingerprint density at radius 2 is 1.96 bits per heavy atom. The van der Waals surface area contributed by atoms with Crippen molar-refractivity contribution in [3.8, 4) is 5.75 Å². The van der Waals surface area contributed by atoms with Crippen LogP contribution in [0.25, 0.3) is 0 Å². The van der Waals surface area contributed by atoms with Gasteiger partial charge < -0.3 is 15.0 Å². The van der Waals surface area contributed by atoms with Crippen molar-refractivity contribution in [3.05, 3.63) is 42.7 Å². The zero-order valence-electron chi connectivity index (χ0n) is 13.0.